The molecule has 2 N–H and O–H groups in total. The standard InChI is InChI=1S/C21H24FN3O5S/c1-21(2,3)30-20(27)24-17-10-7-15(22)13-18(17)23-19(26)14-5-8-16(9-6-14)25-11-4-12-31(25,28)29/h5-10,13H,4,11-12H2,1-3H3,(H,23,26)(H,24,27). The van der Waals surface area contributed by atoms with Gasteiger partial charge in [-0.3, -0.25) is 14.4 Å². The summed E-state index contributed by atoms with van der Waals surface area (Å²) in [6, 6.07) is 9.60. The molecular formula is C21H24FN3O5S. The highest BCUT2D eigenvalue weighted by atomic mass is 32.2. The van der Waals surface area contributed by atoms with Crippen molar-refractivity contribution < 1.29 is 27.1 Å². The average Bonchev–Trinajstić information content (AvgIpc) is 3.01. The van der Waals surface area contributed by atoms with E-state index in [0.29, 0.717) is 18.7 Å². The molecule has 0 bridgehead atoms. The smallest absolute Gasteiger partial charge is 0.412 e. The second kappa shape index (κ2) is 8.54. The molecule has 1 fully saturated rings. The van der Waals surface area contributed by atoms with Gasteiger partial charge >= 0.3 is 6.09 Å². The number of halogens is 1. The lowest BCUT2D eigenvalue weighted by atomic mass is 10.1. The summed E-state index contributed by atoms with van der Waals surface area (Å²) < 4.78 is 44.3. The third kappa shape index (κ3) is 5.72. The Morgan fingerprint density at radius 2 is 1.71 bits per heavy atom. The number of benzene rings is 2. The van der Waals surface area contributed by atoms with E-state index in [-0.39, 0.29) is 22.7 Å². The number of nitrogens with zero attached hydrogens (tertiary/aromatic N) is 1. The van der Waals surface area contributed by atoms with E-state index < -0.39 is 33.4 Å². The molecule has 1 aliphatic rings. The van der Waals surface area contributed by atoms with Crippen molar-refractivity contribution in [3.63, 3.8) is 0 Å². The van der Waals surface area contributed by atoms with Gasteiger partial charge in [0.2, 0.25) is 10.0 Å². The molecule has 0 atom stereocenters. The Balaban J connectivity index is 1.75. The predicted octanol–water partition coefficient (Wildman–Crippen LogP) is 3.96. The van der Waals surface area contributed by atoms with Gasteiger partial charge in [-0.2, -0.15) is 0 Å². The highest BCUT2D eigenvalue weighted by Crippen LogP contribution is 2.26. The fourth-order valence-corrected chi connectivity index (χ4v) is 4.61. The van der Waals surface area contributed by atoms with Gasteiger partial charge in [-0.05, 0) is 69.7 Å². The minimum atomic E-state index is -3.32. The fourth-order valence-electron chi connectivity index (χ4n) is 3.05. The summed E-state index contributed by atoms with van der Waals surface area (Å²) in [7, 11) is -3.32. The Morgan fingerprint density at radius 1 is 1.03 bits per heavy atom. The van der Waals surface area contributed by atoms with Crippen molar-refractivity contribution in [1.29, 1.82) is 0 Å². The topological polar surface area (TPSA) is 105 Å². The van der Waals surface area contributed by atoms with Gasteiger partial charge in [0.1, 0.15) is 11.4 Å². The molecule has 2 aromatic carbocycles. The molecule has 0 radical (unpaired) electrons. The molecule has 31 heavy (non-hydrogen) atoms. The van der Waals surface area contributed by atoms with Crippen molar-refractivity contribution in [3.8, 4) is 0 Å². The predicted molar refractivity (Wildman–Crippen MR) is 116 cm³/mol. The van der Waals surface area contributed by atoms with Crippen molar-refractivity contribution >= 4 is 39.1 Å². The monoisotopic (exact) mass is 449 g/mol. The van der Waals surface area contributed by atoms with Crippen LogP contribution in [0, 0.1) is 5.82 Å². The van der Waals surface area contributed by atoms with Gasteiger partial charge in [0.05, 0.1) is 22.8 Å². The van der Waals surface area contributed by atoms with Crippen LogP contribution in [0.4, 0.5) is 26.2 Å². The summed E-state index contributed by atoms with van der Waals surface area (Å²) in [4.78, 5) is 24.7. The van der Waals surface area contributed by atoms with Gasteiger partial charge in [-0.25, -0.2) is 17.6 Å². The number of rotatable bonds is 4. The van der Waals surface area contributed by atoms with E-state index in [1.807, 2.05) is 0 Å². The first-order chi connectivity index (χ1) is 14.4. The van der Waals surface area contributed by atoms with Crippen LogP contribution in [0.3, 0.4) is 0 Å². The Labute approximate surface area is 180 Å². The number of sulfonamides is 1. The SMILES string of the molecule is CC(C)(C)OC(=O)Nc1ccc(F)cc1NC(=O)c1ccc(N2CCCS2(=O)=O)cc1. The molecule has 1 saturated heterocycles. The third-order valence-electron chi connectivity index (χ3n) is 4.38. The van der Waals surface area contributed by atoms with Crippen molar-refractivity contribution in [2.24, 2.45) is 0 Å². The molecule has 0 saturated carbocycles. The van der Waals surface area contributed by atoms with Crippen LogP contribution in [-0.2, 0) is 14.8 Å². The molecule has 2 amide bonds. The second-order valence-corrected chi connectivity index (χ2v) is 10.1. The quantitative estimate of drug-likeness (QED) is 0.735. The average molecular weight is 450 g/mol. The number of amides is 2. The fraction of sp³-hybridized carbons (Fsp3) is 0.333. The van der Waals surface area contributed by atoms with Crippen molar-refractivity contribution in [2.75, 3.05) is 27.2 Å². The van der Waals surface area contributed by atoms with Gasteiger partial charge in [-0.1, -0.05) is 0 Å². The number of hydrogen-bond acceptors (Lipinski definition) is 5. The zero-order valence-corrected chi connectivity index (χ0v) is 18.3. The van der Waals surface area contributed by atoms with E-state index >= 15 is 0 Å². The highest BCUT2D eigenvalue weighted by molar-refractivity contribution is 7.93. The summed E-state index contributed by atoms with van der Waals surface area (Å²) in [6.07, 6.45) is -0.192. The summed E-state index contributed by atoms with van der Waals surface area (Å²) in [6.45, 7) is 5.52. The Kier molecular flexibility index (Phi) is 6.21. The zero-order valence-electron chi connectivity index (χ0n) is 17.4. The maximum atomic E-state index is 13.7. The van der Waals surface area contributed by atoms with Gasteiger partial charge in [0.25, 0.3) is 5.91 Å². The third-order valence-corrected chi connectivity index (χ3v) is 6.25. The zero-order chi connectivity index (χ0) is 22.8. The van der Waals surface area contributed by atoms with Crippen LogP contribution >= 0.6 is 0 Å². The first-order valence-electron chi connectivity index (χ1n) is 9.66. The molecule has 1 aliphatic heterocycles. The molecular weight excluding hydrogens is 425 g/mol. The largest absolute Gasteiger partial charge is 0.444 e. The summed E-state index contributed by atoms with van der Waals surface area (Å²) >= 11 is 0. The Morgan fingerprint density at radius 3 is 2.29 bits per heavy atom. The molecule has 10 heteroatoms. The number of anilines is 3. The van der Waals surface area contributed by atoms with Crippen LogP contribution in [-0.4, -0.2) is 38.3 Å². The van der Waals surface area contributed by atoms with E-state index in [2.05, 4.69) is 10.6 Å². The Bertz CT molecular complexity index is 1090. The molecule has 2 aromatic rings. The highest BCUT2D eigenvalue weighted by Gasteiger charge is 2.28. The number of ether oxygens (including phenoxy) is 1. The lowest BCUT2D eigenvalue weighted by Crippen LogP contribution is -2.27. The lowest BCUT2D eigenvalue weighted by Gasteiger charge is -2.20. The van der Waals surface area contributed by atoms with E-state index in [1.165, 1.54) is 22.5 Å². The Hall–Kier alpha value is -3.14. The van der Waals surface area contributed by atoms with Crippen molar-refractivity contribution in [1.82, 2.24) is 0 Å². The van der Waals surface area contributed by atoms with Crippen LogP contribution in [0.2, 0.25) is 0 Å². The molecule has 0 aromatic heterocycles. The first-order valence-corrected chi connectivity index (χ1v) is 11.3. The van der Waals surface area contributed by atoms with Crippen LogP contribution in [0.15, 0.2) is 42.5 Å². The maximum Gasteiger partial charge on any atom is 0.412 e. The summed E-state index contributed by atoms with van der Waals surface area (Å²) in [5, 5.41) is 5.05. The van der Waals surface area contributed by atoms with Gasteiger partial charge < -0.3 is 10.1 Å². The number of nitrogens with one attached hydrogen (secondary N) is 2. The minimum absolute atomic E-state index is 0.0575. The maximum absolute atomic E-state index is 13.7. The van der Waals surface area contributed by atoms with Crippen LogP contribution < -0.4 is 14.9 Å². The molecule has 0 unspecified atom stereocenters. The molecule has 1 heterocycles. The minimum Gasteiger partial charge on any atom is -0.444 e. The molecule has 166 valence electrons. The lowest BCUT2D eigenvalue weighted by molar-refractivity contribution is 0.0635. The van der Waals surface area contributed by atoms with Crippen LogP contribution in [0.5, 0.6) is 0 Å². The van der Waals surface area contributed by atoms with Gasteiger partial charge in [0, 0.05) is 12.1 Å². The molecule has 3 rings (SSSR count). The van der Waals surface area contributed by atoms with Crippen LogP contribution in [0.1, 0.15) is 37.6 Å². The summed E-state index contributed by atoms with van der Waals surface area (Å²) in [5.41, 5.74) is 0.226. The van der Waals surface area contributed by atoms with Gasteiger partial charge in [0.15, 0.2) is 0 Å². The van der Waals surface area contributed by atoms with Gasteiger partial charge in [-0.15, -0.1) is 0 Å². The van der Waals surface area contributed by atoms with E-state index in [1.54, 1.807) is 32.9 Å². The molecule has 8 nitrogen and oxygen atoms in total. The first kappa shape index (κ1) is 22.5. The normalized spacial score (nSPS) is 15.4. The van der Waals surface area contributed by atoms with Crippen molar-refractivity contribution in [2.45, 2.75) is 32.8 Å². The number of carbonyl (C=O) groups excluding carboxylic acids is 2. The van der Waals surface area contributed by atoms with E-state index in [9.17, 15) is 22.4 Å². The molecule has 0 aliphatic carbocycles. The number of hydrogen-bond donors (Lipinski definition) is 2. The van der Waals surface area contributed by atoms with E-state index in [4.69, 9.17) is 4.74 Å². The van der Waals surface area contributed by atoms with Crippen molar-refractivity contribution in [3.05, 3.63) is 53.8 Å². The van der Waals surface area contributed by atoms with Crippen LogP contribution in [0.25, 0.3) is 0 Å². The second-order valence-electron chi connectivity index (χ2n) is 8.06. The van der Waals surface area contributed by atoms with E-state index in [0.717, 1.165) is 12.1 Å². The summed E-state index contributed by atoms with van der Waals surface area (Å²) in [5.74, 6) is -1.05. The number of carbonyl (C=O) groups is 2. The molecule has 0 spiro atoms.